The molecular formula is C20H40O4SSi4. The summed E-state index contributed by atoms with van der Waals surface area (Å²) in [5, 5.41) is 0. The van der Waals surface area contributed by atoms with E-state index in [1.807, 2.05) is 12.1 Å². The van der Waals surface area contributed by atoms with Crippen molar-refractivity contribution in [2.75, 3.05) is 13.4 Å². The Bertz CT molecular complexity index is 793. The van der Waals surface area contributed by atoms with Crippen LogP contribution < -0.4 is 0 Å². The first-order chi connectivity index (χ1) is 12.8. The van der Waals surface area contributed by atoms with E-state index in [2.05, 4.69) is 58.9 Å². The van der Waals surface area contributed by atoms with Crippen molar-refractivity contribution in [2.24, 2.45) is 0 Å². The lowest BCUT2D eigenvalue weighted by molar-refractivity contribution is -0.141. The van der Waals surface area contributed by atoms with Gasteiger partial charge in [-0.25, -0.2) is 8.42 Å². The number of hydrogen-bond acceptors (Lipinski definition) is 4. The number of esters is 1. The third-order valence-electron chi connectivity index (χ3n) is 6.55. The van der Waals surface area contributed by atoms with Crippen molar-refractivity contribution in [3.63, 3.8) is 0 Å². The number of rotatable bonds is 8. The molecule has 0 aromatic heterocycles. The molecule has 29 heavy (non-hydrogen) atoms. The van der Waals surface area contributed by atoms with Crippen LogP contribution in [0.1, 0.15) is 11.5 Å². The van der Waals surface area contributed by atoms with E-state index in [4.69, 9.17) is 4.74 Å². The average Bonchev–Trinajstić information content (AvgIpc) is 2.50. The molecule has 1 atom stereocenters. The topological polar surface area (TPSA) is 60.4 Å². The van der Waals surface area contributed by atoms with E-state index in [1.54, 1.807) is 12.1 Å². The van der Waals surface area contributed by atoms with E-state index in [-0.39, 0.29) is 16.8 Å². The third kappa shape index (κ3) is 5.41. The largest absolute Gasteiger partial charge is 0.469 e. The minimum Gasteiger partial charge on any atom is -0.469 e. The Morgan fingerprint density at radius 1 is 0.862 bits per heavy atom. The zero-order valence-corrected chi connectivity index (χ0v) is 25.0. The second-order valence-electron chi connectivity index (χ2n) is 11.3. The highest BCUT2D eigenvalue weighted by Gasteiger charge is 2.62. The molecule has 9 heteroatoms. The van der Waals surface area contributed by atoms with E-state index >= 15 is 0 Å². The Labute approximate surface area is 181 Å². The maximum absolute atomic E-state index is 13.0. The average molecular weight is 489 g/mol. The van der Waals surface area contributed by atoms with E-state index < -0.39 is 39.2 Å². The Kier molecular flexibility index (Phi) is 7.84. The maximum Gasteiger partial charge on any atom is 0.312 e. The van der Waals surface area contributed by atoms with Crippen molar-refractivity contribution < 1.29 is 17.9 Å². The molecular weight excluding hydrogens is 449 g/mol. The van der Waals surface area contributed by atoms with Gasteiger partial charge in [0.25, 0.3) is 0 Å². The molecule has 0 aliphatic rings. The van der Waals surface area contributed by atoms with Crippen molar-refractivity contribution >= 4 is 45.2 Å². The lowest BCUT2D eigenvalue weighted by atomic mass is 10.0. The van der Waals surface area contributed by atoms with Gasteiger partial charge in [-0.05, 0) is 23.7 Å². The first kappa shape index (κ1) is 26.5. The molecule has 1 rings (SSSR count). The minimum absolute atomic E-state index is 0.191. The summed E-state index contributed by atoms with van der Waals surface area (Å²) in [5.41, 5.74) is 0.885. The van der Waals surface area contributed by atoms with Crippen LogP contribution in [0, 0.1) is 0 Å². The van der Waals surface area contributed by atoms with Crippen molar-refractivity contribution in [3.05, 3.63) is 29.8 Å². The summed E-state index contributed by atoms with van der Waals surface area (Å²) in [7, 11) is -6.44. The van der Waals surface area contributed by atoms with Crippen LogP contribution in [0.3, 0.4) is 0 Å². The van der Waals surface area contributed by atoms with Crippen LogP contribution in [0.15, 0.2) is 29.2 Å². The van der Waals surface area contributed by atoms with Crippen molar-refractivity contribution in [1.29, 1.82) is 0 Å². The van der Waals surface area contributed by atoms with Crippen LogP contribution in [0.4, 0.5) is 0 Å². The standard InChI is InChI=1S/C20H40O4SSi4/c1-24-20(21)19(17-12-14-18(15-13-17)25(2,22)23)16-29(26(3,4)5,27(6,7)8)28(9,10)11/h12-15,19H,16H2,1-11H3/t19-/m0/s1. The van der Waals surface area contributed by atoms with Crippen molar-refractivity contribution in [1.82, 2.24) is 0 Å². The van der Waals surface area contributed by atoms with Crippen LogP contribution in [0.5, 0.6) is 0 Å². The summed E-state index contributed by atoms with van der Waals surface area (Å²) >= 11 is 0. The molecule has 0 bridgehead atoms. The number of carbonyl (C=O) groups excluding carboxylic acids is 1. The molecule has 166 valence electrons. The number of methoxy groups -OCH3 is 1. The first-order valence-electron chi connectivity index (χ1n) is 10.2. The summed E-state index contributed by atoms with van der Waals surface area (Å²) in [6.45, 7) is 20.8. The molecule has 0 N–H and O–H groups in total. The molecule has 0 spiro atoms. The van der Waals surface area contributed by atoms with Gasteiger partial charge in [0.1, 0.15) is 0 Å². The predicted molar refractivity (Wildman–Crippen MR) is 135 cm³/mol. The first-order valence-corrected chi connectivity index (χ1v) is 27.8. The van der Waals surface area contributed by atoms with Gasteiger partial charge in [0, 0.05) is 35.7 Å². The molecule has 0 saturated heterocycles. The van der Waals surface area contributed by atoms with E-state index in [1.165, 1.54) is 13.4 Å². The lowest BCUT2D eigenvalue weighted by Crippen LogP contribution is -2.83. The monoisotopic (exact) mass is 488 g/mol. The quantitative estimate of drug-likeness (QED) is 0.380. The summed E-state index contributed by atoms with van der Waals surface area (Å²) in [5.74, 6) is -0.505. The Morgan fingerprint density at radius 3 is 1.52 bits per heavy atom. The second kappa shape index (κ2) is 8.56. The van der Waals surface area contributed by atoms with Crippen LogP contribution in [-0.2, 0) is 19.4 Å². The normalized spacial score (nSPS) is 15.1. The zero-order chi connectivity index (χ0) is 23.1. The second-order valence-corrected chi connectivity index (χ2v) is 54.7. The Hall–Kier alpha value is -0.492. The van der Waals surface area contributed by atoms with Gasteiger partial charge in [-0.1, -0.05) is 71.1 Å². The van der Waals surface area contributed by atoms with Gasteiger partial charge >= 0.3 is 5.97 Å². The van der Waals surface area contributed by atoms with E-state index in [0.717, 1.165) is 11.6 Å². The summed E-state index contributed by atoms with van der Waals surface area (Å²) < 4.78 is 29.0. The highest BCUT2D eigenvalue weighted by Crippen LogP contribution is 2.44. The van der Waals surface area contributed by atoms with Gasteiger partial charge in [-0.3, -0.25) is 4.79 Å². The molecule has 0 saturated carbocycles. The van der Waals surface area contributed by atoms with E-state index in [9.17, 15) is 13.2 Å². The van der Waals surface area contributed by atoms with Crippen LogP contribution in [-0.4, -0.2) is 57.2 Å². The molecule has 1 aromatic rings. The molecule has 0 amide bonds. The van der Waals surface area contributed by atoms with Crippen LogP contribution in [0.2, 0.25) is 65.0 Å². The number of ether oxygens (including phenoxy) is 1. The molecule has 1 aromatic carbocycles. The molecule has 0 heterocycles. The molecule has 0 radical (unpaired) electrons. The van der Waals surface area contributed by atoms with Gasteiger partial charge in [-0.15, -0.1) is 0 Å². The summed E-state index contributed by atoms with van der Waals surface area (Å²) in [6.07, 6.45) is 1.21. The highest BCUT2D eigenvalue weighted by atomic mass is 32.2. The zero-order valence-electron chi connectivity index (χ0n) is 20.1. The molecule has 4 nitrogen and oxygen atoms in total. The molecule has 0 unspecified atom stereocenters. The third-order valence-corrected chi connectivity index (χ3v) is 81.8. The Balaban J connectivity index is 3.68. The molecule has 0 aliphatic carbocycles. The van der Waals surface area contributed by atoms with E-state index in [0.29, 0.717) is 0 Å². The van der Waals surface area contributed by atoms with Crippen LogP contribution in [0.25, 0.3) is 0 Å². The van der Waals surface area contributed by atoms with Gasteiger partial charge in [-0.2, -0.15) is 0 Å². The fourth-order valence-electron chi connectivity index (χ4n) is 6.03. The smallest absolute Gasteiger partial charge is 0.312 e. The summed E-state index contributed by atoms with van der Waals surface area (Å²) in [4.78, 5) is 13.3. The SMILES string of the molecule is COC(=O)[C@@H](C[Si]([Si](C)(C)C)([Si](C)(C)C)[Si](C)(C)C)c1ccc(S(C)(=O)=O)cc1. The predicted octanol–water partition coefficient (Wildman–Crippen LogP) is 5.05. The lowest BCUT2D eigenvalue weighted by Gasteiger charge is -2.58. The van der Waals surface area contributed by atoms with Gasteiger partial charge < -0.3 is 4.74 Å². The van der Waals surface area contributed by atoms with Gasteiger partial charge in [0.05, 0.1) is 17.9 Å². The van der Waals surface area contributed by atoms with Crippen molar-refractivity contribution in [2.45, 2.75) is 75.8 Å². The fraction of sp³-hybridized carbons (Fsp3) is 0.650. The number of hydrogen-bond donors (Lipinski definition) is 0. The van der Waals surface area contributed by atoms with Gasteiger partial charge in [0.2, 0.25) is 0 Å². The maximum atomic E-state index is 13.0. The summed E-state index contributed by atoms with van der Waals surface area (Å²) in [6, 6.07) is 7.81. The highest BCUT2D eigenvalue weighted by molar-refractivity contribution is 7.90. The van der Waals surface area contributed by atoms with Crippen molar-refractivity contribution in [3.8, 4) is 0 Å². The van der Waals surface area contributed by atoms with Crippen LogP contribution >= 0.6 is 0 Å². The number of sulfone groups is 1. The molecule has 0 aliphatic heterocycles. The fourth-order valence-corrected chi connectivity index (χ4v) is 105. The Morgan fingerprint density at radius 2 is 1.24 bits per heavy atom. The molecule has 0 fully saturated rings. The number of carbonyl (C=O) groups is 1. The number of benzene rings is 1. The van der Waals surface area contributed by atoms with Gasteiger partial charge in [0.15, 0.2) is 9.84 Å². The minimum atomic E-state index is -3.26.